The lowest BCUT2D eigenvalue weighted by atomic mass is 10.0. The summed E-state index contributed by atoms with van der Waals surface area (Å²) in [4.78, 5) is 8.09. The van der Waals surface area contributed by atoms with Crippen molar-refractivity contribution in [2.75, 3.05) is 5.73 Å². The number of benzene rings is 3. The van der Waals surface area contributed by atoms with Crippen LogP contribution in [0, 0.1) is 0 Å². The number of hydrogen-bond acceptors (Lipinski definition) is 5. The Kier molecular flexibility index (Phi) is 4.06. The van der Waals surface area contributed by atoms with Crippen molar-refractivity contribution in [3.8, 4) is 39.7 Å². The number of fused-ring (bicyclic) bond motifs is 2. The molecular weight excluding hydrogens is 400 g/mol. The monoisotopic (exact) mass is 422 g/mol. The number of imidazole rings is 1. The minimum absolute atomic E-state index is 0.104. The lowest BCUT2D eigenvalue weighted by Crippen LogP contribution is -1.99. The normalized spacial score (nSPS) is 13.0. The molecule has 0 saturated heterocycles. The van der Waals surface area contributed by atoms with Gasteiger partial charge < -0.3 is 21.1 Å². The maximum Gasteiger partial charge on any atom is 0.173 e. The number of hydrogen-bond donors (Lipinski definition) is 4. The van der Waals surface area contributed by atoms with E-state index in [1.165, 1.54) is 11.1 Å². The van der Waals surface area contributed by atoms with Crippen molar-refractivity contribution < 1.29 is 5.11 Å². The summed E-state index contributed by atoms with van der Waals surface area (Å²) in [6.07, 6.45) is 0. The van der Waals surface area contributed by atoms with Gasteiger partial charge in [-0.1, -0.05) is 42.5 Å². The van der Waals surface area contributed by atoms with Gasteiger partial charge in [0.1, 0.15) is 11.4 Å². The van der Waals surface area contributed by atoms with Gasteiger partial charge in [0.25, 0.3) is 0 Å². The number of nitrogens with two attached hydrogens (primary N) is 1. The van der Waals surface area contributed by atoms with E-state index in [1.807, 2.05) is 55.6 Å². The maximum atomic E-state index is 11.1. The van der Waals surface area contributed by atoms with Crippen LogP contribution >= 0.6 is 0 Å². The predicted octanol–water partition coefficient (Wildman–Crippen LogP) is 4.19. The van der Waals surface area contributed by atoms with E-state index in [9.17, 15) is 5.11 Å². The van der Waals surface area contributed by atoms with Gasteiger partial charge >= 0.3 is 0 Å². The maximum absolute atomic E-state index is 11.1. The molecule has 6 rings (SSSR count). The number of para-hydroxylation sites is 1. The number of aromatic nitrogens is 4. The van der Waals surface area contributed by atoms with Gasteiger partial charge in [0.05, 0.1) is 11.0 Å². The van der Waals surface area contributed by atoms with Gasteiger partial charge in [0, 0.05) is 37.0 Å². The molecule has 0 unspecified atom stereocenters. The number of aryl methyl sites for hydroxylation is 1. The van der Waals surface area contributed by atoms with E-state index in [4.69, 9.17) is 10.7 Å². The van der Waals surface area contributed by atoms with E-state index in [0.29, 0.717) is 17.2 Å². The summed E-state index contributed by atoms with van der Waals surface area (Å²) in [6, 6.07) is 19.9. The number of rotatable bonds is 3. The minimum atomic E-state index is 0.104. The highest BCUT2D eigenvalue weighted by Crippen LogP contribution is 2.38. The predicted molar refractivity (Wildman–Crippen MR) is 126 cm³/mol. The number of aromatic hydroxyl groups is 1. The van der Waals surface area contributed by atoms with E-state index in [-0.39, 0.29) is 5.75 Å². The molecular formula is C25H22N6O. The molecule has 158 valence electrons. The van der Waals surface area contributed by atoms with Crippen LogP contribution in [0.4, 0.5) is 5.69 Å². The second kappa shape index (κ2) is 6.96. The van der Waals surface area contributed by atoms with Gasteiger partial charge in [0.2, 0.25) is 0 Å². The van der Waals surface area contributed by atoms with Crippen LogP contribution in [0.2, 0.25) is 0 Å². The molecule has 7 heteroatoms. The van der Waals surface area contributed by atoms with Crippen molar-refractivity contribution in [1.82, 2.24) is 25.1 Å². The van der Waals surface area contributed by atoms with Gasteiger partial charge in [-0.05, 0) is 34.9 Å². The van der Waals surface area contributed by atoms with Crippen LogP contribution in [0.3, 0.4) is 0 Å². The first-order valence-electron chi connectivity index (χ1n) is 10.5. The first-order valence-corrected chi connectivity index (χ1v) is 10.5. The number of nitrogen functional groups attached to an aromatic ring is 1. The standard InChI is InChI=1S/C25H22N6O/c1-31-23(25-28-20-10-16-12-27-13-17(16)11-21(20)29-25)24(32)22(30-31)15-8-6-14(7-9-15)18-4-2-3-5-19(18)26/h2-11,27,32H,12-13,26H2,1H3,(H,28,29). The van der Waals surface area contributed by atoms with Crippen molar-refractivity contribution in [2.24, 2.45) is 7.05 Å². The van der Waals surface area contributed by atoms with Crippen LogP contribution in [-0.2, 0) is 20.1 Å². The lowest BCUT2D eigenvalue weighted by Gasteiger charge is -2.06. The zero-order valence-electron chi connectivity index (χ0n) is 17.6. The van der Waals surface area contributed by atoms with E-state index in [1.54, 1.807) is 4.68 Å². The van der Waals surface area contributed by atoms with E-state index in [0.717, 1.165) is 46.5 Å². The summed E-state index contributed by atoms with van der Waals surface area (Å²) in [7, 11) is 1.81. The van der Waals surface area contributed by atoms with Crippen molar-refractivity contribution in [1.29, 1.82) is 0 Å². The molecule has 2 aromatic heterocycles. The molecule has 0 amide bonds. The molecule has 5 N–H and O–H groups in total. The smallest absolute Gasteiger partial charge is 0.173 e. The summed E-state index contributed by atoms with van der Waals surface area (Å²) in [5, 5.41) is 19.0. The first kappa shape index (κ1) is 18.7. The van der Waals surface area contributed by atoms with Crippen molar-refractivity contribution in [2.45, 2.75) is 13.1 Å². The zero-order valence-corrected chi connectivity index (χ0v) is 17.6. The van der Waals surface area contributed by atoms with E-state index < -0.39 is 0 Å². The third-order valence-corrected chi connectivity index (χ3v) is 6.11. The second-order valence-corrected chi connectivity index (χ2v) is 8.16. The SMILES string of the molecule is Cn1nc(-c2ccc(-c3ccccc3N)cc2)c(O)c1-c1nc2cc3c(cc2[nH]1)CNC3. The lowest BCUT2D eigenvalue weighted by molar-refractivity contribution is 0.478. The summed E-state index contributed by atoms with van der Waals surface area (Å²) in [5.74, 6) is 0.705. The molecule has 1 aliphatic rings. The second-order valence-electron chi connectivity index (χ2n) is 8.16. The Hall–Kier alpha value is -4.10. The summed E-state index contributed by atoms with van der Waals surface area (Å²) >= 11 is 0. The Morgan fingerprint density at radius 1 is 0.969 bits per heavy atom. The number of anilines is 1. The Morgan fingerprint density at radius 3 is 2.47 bits per heavy atom. The molecule has 5 aromatic rings. The number of H-pyrrole nitrogens is 1. The fourth-order valence-electron chi connectivity index (χ4n) is 4.46. The van der Waals surface area contributed by atoms with Crippen molar-refractivity contribution in [3.05, 3.63) is 71.8 Å². The minimum Gasteiger partial charge on any atom is -0.504 e. The highest BCUT2D eigenvalue weighted by Gasteiger charge is 2.22. The summed E-state index contributed by atoms with van der Waals surface area (Å²) in [5.41, 5.74) is 15.1. The highest BCUT2D eigenvalue weighted by molar-refractivity contribution is 5.84. The molecule has 0 spiro atoms. The number of nitrogens with one attached hydrogen (secondary N) is 2. The number of nitrogens with zero attached hydrogens (tertiary/aromatic N) is 3. The molecule has 1 aliphatic heterocycles. The molecule has 0 saturated carbocycles. The van der Waals surface area contributed by atoms with Crippen LogP contribution < -0.4 is 11.1 Å². The van der Waals surface area contributed by atoms with E-state index in [2.05, 4.69) is 27.5 Å². The van der Waals surface area contributed by atoms with Gasteiger partial charge in [0.15, 0.2) is 11.6 Å². The Balaban J connectivity index is 1.39. The topological polar surface area (TPSA) is 105 Å². The fourth-order valence-corrected chi connectivity index (χ4v) is 4.46. The fraction of sp³-hybridized carbons (Fsp3) is 0.120. The average molecular weight is 422 g/mol. The van der Waals surface area contributed by atoms with Gasteiger partial charge in [-0.2, -0.15) is 5.10 Å². The largest absolute Gasteiger partial charge is 0.504 e. The third-order valence-electron chi connectivity index (χ3n) is 6.11. The van der Waals surface area contributed by atoms with E-state index >= 15 is 0 Å². The quantitative estimate of drug-likeness (QED) is 0.326. The van der Waals surface area contributed by atoms with Crippen LogP contribution in [0.25, 0.3) is 44.9 Å². The molecule has 7 nitrogen and oxygen atoms in total. The highest BCUT2D eigenvalue weighted by atomic mass is 16.3. The molecule has 0 radical (unpaired) electrons. The molecule has 0 bridgehead atoms. The first-order chi connectivity index (χ1) is 15.6. The summed E-state index contributed by atoms with van der Waals surface area (Å²) < 4.78 is 1.67. The molecule has 0 fully saturated rings. The zero-order chi connectivity index (χ0) is 21.8. The van der Waals surface area contributed by atoms with Gasteiger partial charge in [-0.15, -0.1) is 0 Å². The number of aromatic amines is 1. The molecule has 0 atom stereocenters. The van der Waals surface area contributed by atoms with Crippen LogP contribution in [0.1, 0.15) is 11.1 Å². The summed E-state index contributed by atoms with van der Waals surface area (Å²) in [6.45, 7) is 1.73. The van der Waals surface area contributed by atoms with Crippen molar-refractivity contribution >= 4 is 16.7 Å². The van der Waals surface area contributed by atoms with Crippen LogP contribution in [0.5, 0.6) is 5.75 Å². The molecule has 32 heavy (non-hydrogen) atoms. The van der Waals surface area contributed by atoms with Gasteiger partial charge in [-0.3, -0.25) is 4.68 Å². The van der Waals surface area contributed by atoms with Crippen molar-refractivity contribution in [3.63, 3.8) is 0 Å². The third kappa shape index (κ3) is 2.86. The van der Waals surface area contributed by atoms with Crippen LogP contribution in [0.15, 0.2) is 60.7 Å². The molecule has 3 aromatic carbocycles. The van der Waals surface area contributed by atoms with Gasteiger partial charge in [-0.25, -0.2) is 4.98 Å². The Bertz CT molecular complexity index is 1440. The Labute approximate surface area is 184 Å². The average Bonchev–Trinajstić information content (AvgIpc) is 3.49. The molecule has 3 heterocycles. The van der Waals surface area contributed by atoms with Crippen LogP contribution in [-0.4, -0.2) is 24.9 Å². The Morgan fingerprint density at radius 2 is 1.69 bits per heavy atom. The molecule has 0 aliphatic carbocycles.